The number of benzene rings is 3. The minimum atomic E-state index is -0.401. The van der Waals surface area contributed by atoms with Gasteiger partial charge in [-0.15, -0.1) is 0 Å². The normalized spacial score (nSPS) is 10.9. The van der Waals surface area contributed by atoms with Crippen LogP contribution in [0.5, 0.6) is 17.2 Å². The average molecular weight is 477 g/mol. The smallest absolute Gasteiger partial charge is 0.415 e. The third-order valence-corrected chi connectivity index (χ3v) is 6.07. The summed E-state index contributed by atoms with van der Waals surface area (Å²) in [5.74, 6) is 1.38. The van der Waals surface area contributed by atoms with E-state index in [2.05, 4.69) is 4.57 Å². The molecular formula is C28H29FN2O4. The third kappa shape index (κ3) is 4.94. The van der Waals surface area contributed by atoms with E-state index in [0.29, 0.717) is 36.9 Å². The van der Waals surface area contributed by atoms with Gasteiger partial charge in [-0.2, -0.15) is 0 Å². The molecule has 6 nitrogen and oxygen atoms in total. The van der Waals surface area contributed by atoms with Crippen molar-refractivity contribution >= 4 is 17.0 Å². The summed E-state index contributed by atoms with van der Waals surface area (Å²) in [5.41, 5.74) is 3.55. The lowest BCUT2D eigenvalue weighted by Crippen LogP contribution is -2.33. The largest absolute Gasteiger partial charge is 0.493 e. The zero-order chi connectivity index (χ0) is 24.9. The molecule has 35 heavy (non-hydrogen) atoms. The first-order valence-electron chi connectivity index (χ1n) is 11.5. The van der Waals surface area contributed by atoms with Crippen LogP contribution >= 0.6 is 0 Å². The molecule has 0 radical (unpaired) electrons. The predicted octanol–water partition coefficient (Wildman–Crippen LogP) is 6.35. The first-order valence-corrected chi connectivity index (χ1v) is 11.5. The molecular weight excluding hydrogens is 447 g/mol. The maximum atomic E-state index is 13.4. The fourth-order valence-electron chi connectivity index (χ4n) is 4.19. The van der Waals surface area contributed by atoms with Crippen LogP contribution in [0.4, 0.5) is 9.18 Å². The molecule has 4 aromatic rings. The van der Waals surface area contributed by atoms with E-state index in [0.717, 1.165) is 27.6 Å². The number of hydrogen-bond acceptors (Lipinski definition) is 4. The van der Waals surface area contributed by atoms with E-state index in [-0.39, 0.29) is 5.82 Å². The van der Waals surface area contributed by atoms with Gasteiger partial charge in [0.05, 0.1) is 14.2 Å². The fraction of sp³-hybridized carbons (Fsp3) is 0.250. The highest BCUT2D eigenvalue weighted by Crippen LogP contribution is 2.41. The Bertz CT molecular complexity index is 1330. The zero-order valence-electron chi connectivity index (χ0n) is 20.4. The molecule has 0 N–H and O–H groups in total. The maximum Gasteiger partial charge on any atom is 0.415 e. The molecule has 0 saturated heterocycles. The van der Waals surface area contributed by atoms with Gasteiger partial charge in [-0.25, -0.2) is 9.18 Å². The molecule has 0 aliphatic rings. The van der Waals surface area contributed by atoms with Crippen LogP contribution in [0.15, 0.2) is 66.9 Å². The molecule has 0 aliphatic carbocycles. The Morgan fingerprint density at radius 2 is 1.57 bits per heavy atom. The lowest BCUT2D eigenvalue weighted by molar-refractivity contribution is 0.157. The number of ether oxygens (including phenoxy) is 3. The van der Waals surface area contributed by atoms with Crippen molar-refractivity contribution in [2.45, 2.75) is 20.4 Å². The first kappa shape index (κ1) is 24.1. The number of halogens is 1. The number of carbonyl (C=O) groups is 1. The summed E-state index contributed by atoms with van der Waals surface area (Å²) in [7, 11) is 3.17. The summed E-state index contributed by atoms with van der Waals surface area (Å²) in [6.07, 6.45) is 1.58. The van der Waals surface area contributed by atoms with E-state index in [4.69, 9.17) is 14.2 Å². The number of hydrogen-bond donors (Lipinski definition) is 0. The van der Waals surface area contributed by atoms with E-state index in [1.807, 2.05) is 56.4 Å². The molecule has 3 aromatic carbocycles. The topological polar surface area (TPSA) is 52.9 Å². The van der Waals surface area contributed by atoms with E-state index in [9.17, 15) is 9.18 Å². The van der Waals surface area contributed by atoms with Crippen molar-refractivity contribution in [1.82, 2.24) is 9.47 Å². The van der Waals surface area contributed by atoms with Gasteiger partial charge in [-0.1, -0.05) is 18.2 Å². The van der Waals surface area contributed by atoms with E-state index in [1.54, 1.807) is 31.3 Å². The van der Waals surface area contributed by atoms with Gasteiger partial charge in [0.25, 0.3) is 0 Å². The van der Waals surface area contributed by atoms with E-state index >= 15 is 0 Å². The number of aromatic nitrogens is 1. The minimum Gasteiger partial charge on any atom is -0.493 e. The number of carbonyl (C=O) groups excluding carboxylic acids is 1. The minimum absolute atomic E-state index is 0.262. The highest BCUT2D eigenvalue weighted by Gasteiger charge is 2.20. The second kappa shape index (κ2) is 10.5. The Hall–Kier alpha value is -4.00. The molecule has 1 heterocycles. The van der Waals surface area contributed by atoms with Crippen molar-refractivity contribution in [3.63, 3.8) is 0 Å². The first-order chi connectivity index (χ1) is 17.0. The van der Waals surface area contributed by atoms with Gasteiger partial charge in [0.1, 0.15) is 11.6 Å². The van der Waals surface area contributed by atoms with Crippen LogP contribution in [0.3, 0.4) is 0 Å². The van der Waals surface area contributed by atoms with Gasteiger partial charge < -0.3 is 23.7 Å². The average Bonchev–Trinajstić information content (AvgIpc) is 3.28. The molecule has 182 valence electrons. The van der Waals surface area contributed by atoms with E-state index < -0.39 is 6.09 Å². The second-order valence-electron chi connectivity index (χ2n) is 8.05. The third-order valence-electron chi connectivity index (χ3n) is 6.07. The molecule has 1 amide bonds. The van der Waals surface area contributed by atoms with Crippen LogP contribution in [0, 0.1) is 5.82 Å². The highest BCUT2D eigenvalue weighted by atomic mass is 19.1. The Balaban J connectivity index is 1.84. The van der Waals surface area contributed by atoms with Crippen molar-refractivity contribution in [2.24, 2.45) is 0 Å². The van der Waals surface area contributed by atoms with Gasteiger partial charge in [0, 0.05) is 42.3 Å². The fourth-order valence-corrected chi connectivity index (χ4v) is 4.19. The van der Waals surface area contributed by atoms with Crippen LogP contribution in [0.25, 0.3) is 22.0 Å². The van der Waals surface area contributed by atoms with Crippen molar-refractivity contribution in [3.05, 3.63) is 78.2 Å². The van der Waals surface area contributed by atoms with Gasteiger partial charge in [-0.3, -0.25) is 0 Å². The highest BCUT2D eigenvalue weighted by molar-refractivity contribution is 6.00. The molecule has 7 heteroatoms. The van der Waals surface area contributed by atoms with Crippen molar-refractivity contribution in [2.75, 3.05) is 27.3 Å². The Morgan fingerprint density at radius 3 is 2.23 bits per heavy atom. The van der Waals surface area contributed by atoms with Crippen LogP contribution in [-0.2, 0) is 6.54 Å². The van der Waals surface area contributed by atoms with Gasteiger partial charge in [0.15, 0.2) is 11.5 Å². The second-order valence-corrected chi connectivity index (χ2v) is 8.05. The summed E-state index contributed by atoms with van der Waals surface area (Å²) in [5, 5.41) is 0.921. The van der Waals surface area contributed by atoms with Crippen LogP contribution < -0.4 is 14.2 Å². The summed E-state index contributed by atoms with van der Waals surface area (Å²) in [4.78, 5) is 14.4. The van der Waals surface area contributed by atoms with Crippen LogP contribution in [0.2, 0.25) is 0 Å². The molecule has 4 rings (SSSR count). The molecule has 0 spiro atoms. The van der Waals surface area contributed by atoms with Gasteiger partial charge >= 0.3 is 6.09 Å². The molecule has 0 unspecified atom stereocenters. The van der Waals surface area contributed by atoms with Crippen molar-refractivity contribution < 1.29 is 23.4 Å². The lowest BCUT2D eigenvalue weighted by atomic mass is 10.00. The van der Waals surface area contributed by atoms with Gasteiger partial charge in [0.2, 0.25) is 0 Å². The molecule has 0 bridgehead atoms. The number of nitrogens with zero attached hydrogens (tertiary/aromatic N) is 2. The van der Waals surface area contributed by atoms with Crippen LogP contribution in [0.1, 0.15) is 19.4 Å². The monoisotopic (exact) mass is 476 g/mol. The summed E-state index contributed by atoms with van der Waals surface area (Å²) >= 11 is 0. The standard InChI is InChI=1S/C28H29FN2O4/c1-5-30(6-2)28(32)35-25-14-12-23-22(15-16-31(23)18-19-7-10-21(29)11-8-19)27(25)20-9-13-24(33-3)26(17-20)34-4/h7-17H,5-6,18H2,1-4H3. The number of fused-ring (bicyclic) bond motifs is 1. The number of methoxy groups -OCH3 is 2. The summed E-state index contributed by atoms with van der Waals surface area (Å²) in [6.45, 7) is 5.51. The van der Waals surface area contributed by atoms with Crippen molar-refractivity contribution in [1.29, 1.82) is 0 Å². The quantitative estimate of drug-likeness (QED) is 0.297. The SMILES string of the molecule is CCN(CC)C(=O)Oc1ccc2c(ccn2Cc2ccc(F)cc2)c1-c1ccc(OC)c(OC)c1. The molecule has 0 saturated carbocycles. The maximum absolute atomic E-state index is 13.4. The summed E-state index contributed by atoms with van der Waals surface area (Å²) in [6, 6.07) is 17.8. The van der Waals surface area contributed by atoms with Gasteiger partial charge in [-0.05, 0) is 67.4 Å². The Morgan fingerprint density at radius 1 is 0.886 bits per heavy atom. The molecule has 1 aromatic heterocycles. The zero-order valence-corrected chi connectivity index (χ0v) is 20.4. The van der Waals surface area contributed by atoms with E-state index in [1.165, 1.54) is 12.1 Å². The Kier molecular flexibility index (Phi) is 7.25. The van der Waals surface area contributed by atoms with Crippen LogP contribution in [-0.4, -0.2) is 42.9 Å². The molecule has 0 atom stereocenters. The van der Waals surface area contributed by atoms with Crippen molar-refractivity contribution in [3.8, 4) is 28.4 Å². The number of rotatable bonds is 8. The number of amides is 1. The Labute approximate surface area is 204 Å². The molecule has 0 fully saturated rings. The lowest BCUT2D eigenvalue weighted by Gasteiger charge is -2.20. The molecule has 0 aliphatic heterocycles. The summed E-state index contributed by atoms with van der Waals surface area (Å²) < 4.78 is 32.3. The predicted molar refractivity (Wildman–Crippen MR) is 135 cm³/mol.